The van der Waals surface area contributed by atoms with Crippen LogP contribution < -0.4 is 5.32 Å². The standard InChI is InChI=1S/C13H15BrN2O3/c1-8-6-9-11(10(14)7-8)15-12(17)13(9,18)16-2-4-19-5-3-16/h6-7,18H,2-5H2,1H3,(H,15,17)/t13-/m1/s1. The predicted octanol–water partition coefficient (Wildman–Crippen LogP) is 1.19. The fourth-order valence-electron chi connectivity index (χ4n) is 2.67. The van der Waals surface area contributed by atoms with Gasteiger partial charge in [0, 0.05) is 23.1 Å². The van der Waals surface area contributed by atoms with Gasteiger partial charge < -0.3 is 15.2 Å². The highest BCUT2D eigenvalue weighted by Gasteiger charge is 2.51. The van der Waals surface area contributed by atoms with Crippen LogP contribution >= 0.6 is 15.9 Å². The number of morpholine rings is 1. The molecule has 0 spiro atoms. The maximum Gasteiger partial charge on any atom is 0.277 e. The molecule has 1 saturated heterocycles. The molecule has 102 valence electrons. The smallest absolute Gasteiger partial charge is 0.277 e. The van der Waals surface area contributed by atoms with E-state index in [9.17, 15) is 9.90 Å². The minimum absolute atomic E-state index is 0.393. The monoisotopic (exact) mass is 326 g/mol. The SMILES string of the molecule is Cc1cc(Br)c2c(c1)[C@](O)(N1CCOCC1)C(=O)N2. The van der Waals surface area contributed by atoms with Gasteiger partial charge in [0.2, 0.25) is 5.72 Å². The van der Waals surface area contributed by atoms with Crippen LogP contribution in [0.2, 0.25) is 0 Å². The van der Waals surface area contributed by atoms with Gasteiger partial charge in [-0.1, -0.05) is 0 Å². The Bertz CT molecular complexity index is 543. The second kappa shape index (κ2) is 4.56. The van der Waals surface area contributed by atoms with Crippen molar-refractivity contribution in [3.63, 3.8) is 0 Å². The summed E-state index contributed by atoms with van der Waals surface area (Å²) in [6.45, 7) is 4.06. The van der Waals surface area contributed by atoms with E-state index in [1.54, 1.807) is 4.90 Å². The van der Waals surface area contributed by atoms with Gasteiger partial charge >= 0.3 is 0 Å². The van der Waals surface area contributed by atoms with E-state index >= 15 is 0 Å². The topological polar surface area (TPSA) is 61.8 Å². The van der Waals surface area contributed by atoms with Gasteiger partial charge in [-0.2, -0.15) is 0 Å². The molecule has 2 heterocycles. The lowest BCUT2D eigenvalue weighted by Crippen LogP contribution is -2.55. The van der Waals surface area contributed by atoms with Gasteiger partial charge in [0.25, 0.3) is 5.91 Å². The van der Waals surface area contributed by atoms with Crippen molar-refractivity contribution in [3.05, 3.63) is 27.7 Å². The summed E-state index contributed by atoms with van der Waals surface area (Å²) in [4.78, 5) is 14.0. The summed E-state index contributed by atoms with van der Waals surface area (Å²) in [6, 6.07) is 3.78. The number of hydrogen-bond acceptors (Lipinski definition) is 4. The number of aliphatic hydroxyl groups is 1. The van der Waals surface area contributed by atoms with Crippen molar-refractivity contribution >= 4 is 27.5 Å². The largest absolute Gasteiger partial charge is 0.379 e. The number of nitrogens with one attached hydrogen (secondary N) is 1. The molecule has 1 amide bonds. The normalized spacial score (nSPS) is 27.2. The van der Waals surface area contributed by atoms with Crippen molar-refractivity contribution < 1.29 is 14.6 Å². The molecule has 2 aliphatic rings. The summed E-state index contributed by atoms with van der Waals surface area (Å²) in [7, 11) is 0. The number of carbonyl (C=O) groups excluding carboxylic acids is 1. The van der Waals surface area contributed by atoms with Gasteiger partial charge in [-0.05, 0) is 40.5 Å². The van der Waals surface area contributed by atoms with E-state index < -0.39 is 11.6 Å². The van der Waals surface area contributed by atoms with Crippen LogP contribution in [0.4, 0.5) is 5.69 Å². The molecule has 0 aromatic heterocycles. The maximum atomic E-state index is 12.3. The Hall–Kier alpha value is -0.950. The van der Waals surface area contributed by atoms with E-state index in [1.807, 2.05) is 19.1 Å². The first-order valence-electron chi connectivity index (χ1n) is 6.20. The molecule has 0 unspecified atom stereocenters. The van der Waals surface area contributed by atoms with Crippen molar-refractivity contribution in [1.82, 2.24) is 4.90 Å². The fourth-order valence-corrected chi connectivity index (χ4v) is 3.34. The molecule has 5 nitrogen and oxygen atoms in total. The Labute approximate surface area is 119 Å². The number of nitrogens with zero attached hydrogens (tertiary/aromatic N) is 1. The fraction of sp³-hybridized carbons (Fsp3) is 0.462. The van der Waals surface area contributed by atoms with Crippen LogP contribution in [0, 0.1) is 6.92 Å². The van der Waals surface area contributed by atoms with Gasteiger partial charge in [-0.15, -0.1) is 0 Å². The number of aryl methyl sites for hydroxylation is 1. The molecule has 1 aromatic rings. The van der Waals surface area contributed by atoms with Crippen molar-refractivity contribution in [2.45, 2.75) is 12.6 Å². The number of benzene rings is 1. The summed E-state index contributed by atoms with van der Waals surface area (Å²) in [6.07, 6.45) is 0. The molecule has 1 atom stereocenters. The van der Waals surface area contributed by atoms with Crippen LogP contribution in [0.25, 0.3) is 0 Å². The second-order valence-corrected chi connectivity index (χ2v) is 5.75. The van der Waals surface area contributed by atoms with E-state index in [-0.39, 0.29) is 0 Å². The van der Waals surface area contributed by atoms with Crippen molar-refractivity contribution in [2.75, 3.05) is 31.6 Å². The first-order valence-corrected chi connectivity index (χ1v) is 7.00. The Kier molecular flexibility index (Phi) is 3.13. The molecule has 0 aliphatic carbocycles. The van der Waals surface area contributed by atoms with Crippen molar-refractivity contribution in [1.29, 1.82) is 0 Å². The second-order valence-electron chi connectivity index (χ2n) is 4.90. The van der Waals surface area contributed by atoms with Crippen LogP contribution in [0.3, 0.4) is 0 Å². The quantitative estimate of drug-likeness (QED) is 0.813. The van der Waals surface area contributed by atoms with Crippen LogP contribution in [-0.2, 0) is 15.3 Å². The molecule has 1 fully saturated rings. The molecular formula is C13H15BrN2O3. The maximum absolute atomic E-state index is 12.3. The van der Waals surface area contributed by atoms with E-state index in [2.05, 4.69) is 21.2 Å². The minimum atomic E-state index is -1.59. The molecular weight excluding hydrogens is 312 g/mol. The summed E-state index contributed by atoms with van der Waals surface area (Å²) in [5, 5.41) is 13.7. The Balaban J connectivity index is 2.10. The number of rotatable bonds is 1. The third-order valence-electron chi connectivity index (χ3n) is 3.63. The zero-order valence-electron chi connectivity index (χ0n) is 10.6. The molecule has 0 bridgehead atoms. The first-order chi connectivity index (χ1) is 9.03. The summed E-state index contributed by atoms with van der Waals surface area (Å²) in [5.41, 5.74) is 0.679. The van der Waals surface area contributed by atoms with Gasteiger partial charge in [-0.25, -0.2) is 0 Å². The van der Waals surface area contributed by atoms with Crippen molar-refractivity contribution in [3.8, 4) is 0 Å². The number of hydrogen-bond donors (Lipinski definition) is 2. The zero-order valence-corrected chi connectivity index (χ0v) is 12.2. The lowest BCUT2D eigenvalue weighted by molar-refractivity contribution is -0.168. The lowest BCUT2D eigenvalue weighted by atomic mass is 10.00. The predicted molar refractivity (Wildman–Crippen MR) is 73.8 cm³/mol. The molecule has 0 saturated carbocycles. The summed E-state index contributed by atoms with van der Waals surface area (Å²) < 4.78 is 6.07. The first kappa shape index (κ1) is 13.1. The number of ether oxygens (including phenoxy) is 1. The van der Waals surface area contributed by atoms with Gasteiger partial charge in [0.1, 0.15) is 0 Å². The van der Waals surface area contributed by atoms with Gasteiger partial charge in [0.05, 0.1) is 18.9 Å². The highest BCUT2D eigenvalue weighted by molar-refractivity contribution is 9.10. The van der Waals surface area contributed by atoms with E-state index in [1.165, 1.54) is 0 Å². The third-order valence-corrected chi connectivity index (χ3v) is 4.26. The zero-order chi connectivity index (χ0) is 13.6. The average molecular weight is 327 g/mol. The molecule has 2 aliphatic heterocycles. The minimum Gasteiger partial charge on any atom is -0.379 e. The Morgan fingerprint density at radius 2 is 2.11 bits per heavy atom. The summed E-state index contributed by atoms with van der Waals surface area (Å²) in [5.74, 6) is -0.393. The number of halogens is 1. The summed E-state index contributed by atoms with van der Waals surface area (Å²) >= 11 is 3.43. The van der Waals surface area contributed by atoms with Crippen LogP contribution in [0.5, 0.6) is 0 Å². The van der Waals surface area contributed by atoms with E-state index in [0.29, 0.717) is 37.6 Å². The van der Waals surface area contributed by atoms with Crippen LogP contribution in [0.1, 0.15) is 11.1 Å². The average Bonchev–Trinajstić information content (AvgIpc) is 2.66. The van der Waals surface area contributed by atoms with E-state index in [0.717, 1.165) is 10.0 Å². The Morgan fingerprint density at radius 1 is 1.42 bits per heavy atom. The molecule has 0 radical (unpaired) electrons. The highest BCUT2D eigenvalue weighted by atomic mass is 79.9. The van der Waals surface area contributed by atoms with Crippen LogP contribution in [-0.4, -0.2) is 42.2 Å². The van der Waals surface area contributed by atoms with Gasteiger partial charge in [-0.3, -0.25) is 9.69 Å². The van der Waals surface area contributed by atoms with Crippen molar-refractivity contribution in [2.24, 2.45) is 0 Å². The molecule has 1 aromatic carbocycles. The Morgan fingerprint density at radius 3 is 2.79 bits per heavy atom. The number of anilines is 1. The van der Waals surface area contributed by atoms with Gasteiger partial charge in [0.15, 0.2) is 0 Å². The lowest BCUT2D eigenvalue weighted by Gasteiger charge is -2.37. The van der Waals surface area contributed by atoms with Crippen LogP contribution in [0.15, 0.2) is 16.6 Å². The third kappa shape index (κ3) is 1.90. The number of amides is 1. The molecule has 3 rings (SSSR count). The molecule has 19 heavy (non-hydrogen) atoms. The number of fused-ring (bicyclic) bond motifs is 1. The molecule has 6 heteroatoms. The number of carbonyl (C=O) groups is 1. The molecule has 2 N–H and O–H groups in total. The van der Waals surface area contributed by atoms with E-state index in [4.69, 9.17) is 4.74 Å². The highest BCUT2D eigenvalue weighted by Crippen LogP contribution is 2.43.